The molecule has 0 radical (unpaired) electrons. The number of carboxylic acids is 1. The first-order chi connectivity index (χ1) is 12.5. The standard InChI is InChI=1S/C22H25NO3/c1-3-4-5-6-16-7-12-20-18(13-16)14-23(21(20)24)19-10-8-17(9-11-19)15(2)22(25)26/h7-13,15H,3-6,14H2,1-2H3,(H,25,26). The van der Waals surface area contributed by atoms with Gasteiger partial charge >= 0.3 is 5.97 Å². The first kappa shape index (κ1) is 18.2. The van der Waals surface area contributed by atoms with E-state index in [4.69, 9.17) is 5.11 Å². The third-order valence-corrected chi connectivity index (χ3v) is 5.12. The number of anilines is 1. The van der Waals surface area contributed by atoms with Gasteiger partial charge in [-0.3, -0.25) is 9.59 Å². The third-order valence-electron chi connectivity index (χ3n) is 5.12. The summed E-state index contributed by atoms with van der Waals surface area (Å²) in [5.41, 5.74) is 4.68. The molecule has 4 nitrogen and oxygen atoms in total. The SMILES string of the molecule is CCCCCc1ccc2c(c1)CN(c1ccc(C(C)C(=O)O)cc1)C2=O. The molecule has 1 aliphatic heterocycles. The number of amides is 1. The van der Waals surface area contributed by atoms with Crippen molar-refractivity contribution < 1.29 is 14.7 Å². The Hall–Kier alpha value is -2.62. The van der Waals surface area contributed by atoms with Gasteiger partial charge in [-0.2, -0.15) is 0 Å². The van der Waals surface area contributed by atoms with Gasteiger partial charge in [0.1, 0.15) is 0 Å². The summed E-state index contributed by atoms with van der Waals surface area (Å²) >= 11 is 0. The Labute approximate surface area is 154 Å². The molecule has 0 aromatic heterocycles. The molecule has 2 aromatic carbocycles. The summed E-state index contributed by atoms with van der Waals surface area (Å²) in [6.45, 7) is 4.43. The summed E-state index contributed by atoms with van der Waals surface area (Å²) < 4.78 is 0. The number of unbranched alkanes of at least 4 members (excludes halogenated alkanes) is 2. The lowest BCUT2D eigenvalue weighted by Crippen LogP contribution is -2.23. The largest absolute Gasteiger partial charge is 0.481 e. The van der Waals surface area contributed by atoms with Crippen molar-refractivity contribution in [1.82, 2.24) is 0 Å². The molecule has 136 valence electrons. The first-order valence-corrected chi connectivity index (χ1v) is 9.27. The third kappa shape index (κ3) is 3.64. The van der Waals surface area contributed by atoms with Gasteiger partial charge in [0.25, 0.3) is 5.91 Å². The Bertz CT molecular complexity index is 811. The Kier molecular flexibility index (Phi) is 5.40. The van der Waals surface area contributed by atoms with Gasteiger partial charge in [-0.25, -0.2) is 0 Å². The molecule has 1 heterocycles. The lowest BCUT2D eigenvalue weighted by Gasteiger charge is -2.16. The molecule has 4 heteroatoms. The summed E-state index contributed by atoms with van der Waals surface area (Å²) in [6, 6.07) is 13.4. The van der Waals surface area contributed by atoms with Crippen LogP contribution in [-0.4, -0.2) is 17.0 Å². The van der Waals surface area contributed by atoms with Crippen molar-refractivity contribution in [3.63, 3.8) is 0 Å². The quantitative estimate of drug-likeness (QED) is 0.731. The molecule has 0 fully saturated rings. The van der Waals surface area contributed by atoms with Gasteiger partial charge < -0.3 is 10.0 Å². The zero-order valence-electron chi connectivity index (χ0n) is 15.4. The molecular formula is C22H25NO3. The lowest BCUT2D eigenvalue weighted by atomic mass is 10.0. The van der Waals surface area contributed by atoms with Crippen LogP contribution in [0, 0.1) is 0 Å². The van der Waals surface area contributed by atoms with Crippen molar-refractivity contribution in [2.24, 2.45) is 0 Å². The van der Waals surface area contributed by atoms with Gasteiger partial charge in [-0.15, -0.1) is 0 Å². The van der Waals surface area contributed by atoms with Crippen LogP contribution in [0.5, 0.6) is 0 Å². The van der Waals surface area contributed by atoms with Crippen LogP contribution in [0.4, 0.5) is 5.69 Å². The predicted octanol–water partition coefficient (Wildman–Crippen LogP) is 4.77. The van der Waals surface area contributed by atoms with Crippen LogP contribution >= 0.6 is 0 Å². The van der Waals surface area contributed by atoms with Crippen LogP contribution in [0.15, 0.2) is 42.5 Å². The molecule has 1 N–H and O–H groups in total. The Morgan fingerprint density at radius 3 is 2.54 bits per heavy atom. The topological polar surface area (TPSA) is 57.6 Å². The maximum atomic E-state index is 12.7. The van der Waals surface area contributed by atoms with Crippen molar-refractivity contribution in [2.75, 3.05) is 4.90 Å². The summed E-state index contributed by atoms with van der Waals surface area (Å²) in [5.74, 6) is -1.39. The molecule has 26 heavy (non-hydrogen) atoms. The summed E-state index contributed by atoms with van der Waals surface area (Å²) in [5, 5.41) is 9.12. The second kappa shape index (κ2) is 7.73. The summed E-state index contributed by atoms with van der Waals surface area (Å²) in [7, 11) is 0. The van der Waals surface area contributed by atoms with Gasteiger partial charge in [0, 0.05) is 11.3 Å². The molecular weight excluding hydrogens is 326 g/mol. The van der Waals surface area contributed by atoms with E-state index in [9.17, 15) is 9.59 Å². The van der Waals surface area contributed by atoms with Crippen LogP contribution in [0.3, 0.4) is 0 Å². The van der Waals surface area contributed by atoms with Crippen molar-refractivity contribution in [1.29, 1.82) is 0 Å². The van der Waals surface area contributed by atoms with E-state index in [1.54, 1.807) is 24.0 Å². The number of benzene rings is 2. The molecule has 1 amide bonds. The van der Waals surface area contributed by atoms with Gasteiger partial charge in [0.15, 0.2) is 0 Å². The minimum atomic E-state index is -0.849. The number of hydrogen-bond acceptors (Lipinski definition) is 2. The van der Waals surface area contributed by atoms with E-state index in [0.717, 1.165) is 28.8 Å². The van der Waals surface area contributed by atoms with Crippen LogP contribution < -0.4 is 4.90 Å². The number of rotatable bonds is 7. The average Bonchev–Trinajstić information content (AvgIpc) is 2.97. The molecule has 1 atom stereocenters. The van der Waals surface area contributed by atoms with E-state index in [1.807, 2.05) is 18.2 Å². The fourth-order valence-electron chi connectivity index (χ4n) is 3.40. The zero-order chi connectivity index (χ0) is 18.7. The normalized spacial score (nSPS) is 14.4. The molecule has 0 spiro atoms. The molecule has 0 bridgehead atoms. The number of aryl methyl sites for hydroxylation is 1. The van der Waals surface area contributed by atoms with E-state index in [2.05, 4.69) is 19.1 Å². The molecule has 1 aliphatic rings. The van der Waals surface area contributed by atoms with Crippen molar-refractivity contribution in [3.8, 4) is 0 Å². The maximum absolute atomic E-state index is 12.7. The molecule has 0 saturated heterocycles. The van der Waals surface area contributed by atoms with E-state index >= 15 is 0 Å². The van der Waals surface area contributed by atoms with Gasteiger partial charge in [-0.05, 0) is 54.7 Å². The second-order valence-electron chi connectivity index (χ2n) is 6.99. The molecule has 2 aromatic rings. The Morgan fingerprint density at radius 2 is 1.88 bits per heavy atom. The van der Waals surface area contributed by atoms with Crippen molar-refractivity contribution >= 4 is 17.6 Å². The van der Waals surface area contributed by atoms with Crippen molar-refractivity contribution in [3.05, 3.63) is 64.7 Å². The van der Waals surface area contributed by atoms with E-state index in [1.165, 1.54) is 24.8 Å². The highest BCUT2D eigenvalue weighted by Gasteiger charge is 2.28. The Balaban J connectivity index is 1.76. The maximum Gasteiger partial charge on any atom is 0.310 e. The number of nitrogens with zero attached hydrogens (tertiary/aromatic N) is 1. The van der Waals surface area contributed by atoms with Crippen molar-refractivity contribution in [2.45, 2.75) is 52.0 Å². The highest BCUT2D eigenvalue weighted by molar-refractivity contribution is 6.10. The molecule has 0 saturated carbocycles. The number of aliphatic carboxylic acids is 1. The van der Waals surface area contributed by atoms with Crippen LogP contribution in [-0.2, 0) is 17.8 Å². The highest BCUT2D eigenvalue weighted by atomic mass is 16.4. The number of carbonyl (C=O) groups is 2. The first-order valence-electron chi connectivity index (χ1n) is 9.27. The Morgan fingerprint density at radius 1 is 1.15 bits per heavy atom. The van der Waals surface area contributed by atoms with E-state index in [0.29, 0.717) is 6.54 Å². The second-order valence-corrected chi connectivity index (χ2v) is 6.99. The van der Waals surface area contributed by atoms with Gasteiger partial charge in [0.2, 0.25) is 0 Å². The fourth-order valence-corrected chi connectivity index (χ4v) is 3.40. The summed E-state index contributed by atoms with van der Waals surface area (Å²) in [6.07, 6.45) is 4.66. The highest BCUT2D eigenvalue weighted by Crippen LogP contribution is 2.30. The molecule has 0 aliphatic carbocycles. The zero-order valence-corrected chi connectivity index (χ0v) is 15.4. The monoisotopic (exact) mass is 351 g/mol. The number of fused-ring (bicyclic) bond motifs is 1. The van der Waals surface area contributed by atoms with Crippen LogP contribution in [0.25, 0.3) is 0 Å². The minimum absolute atomic E-state index is 0.0131. The van der Waals surface area contributed by atoms with Gasteiger partial charge in [0.05, 0.1) is 12.5 Å². The van der Waals surface area contributed by atoms with E-state index < -0.39 is 11.9 Å². The number of carbonyl (C=O) groups excluding carboxylic acids is 1. The van der Waals surface area contributed by atoms with E-state index in [-0.39, 0.29) is 5.91 Å². The molecule has 3 rings (SSSR count). The predicted molar refractivity (Wildman–Crippen MR) is 103 cm³/mol. The fraction of sp³-hybridized carbons (Fsp3) is 0.364. The minimum Gasteiger partial charge on any atom is -0.481 e. The van der Waals surface area contributed by atoms with Crippen LogP contribution in [0.2, 0.25) is 0 Å². The lowest BCUT2D eigenvalue weighted by molar-refractivity contribution is -0.138. The number of carboxylic acid groups (broad SMARTS) is 1. The number of hydrogen-bond donors (Lipinski definition) is 1. The van der Waals surface area contributed by atoms with Gasteiger partial charge in [-0.1, -0.05) is 44.0 Å². The molecule has 1 unspecified atom stereocenters. The average molecular weight is 351 g/mol. The van der Waals surface area contributed by atoms with Crippen LogP contribution in [0.1, 0.15) is 66.1 Å². The summed E-state index contributed by atoms with van der Waals surface area (Å²) in [4.78, 5) is 25.6. The smallest absolute Gasteiger partial charge is 0.310 e.